The molecule has 0 aliphatic carbocycles. The number of aryl methyl sites for hydroxylation is 1. The highest BCUT2D eigenvalue weighted by molar-refractivity contribution is 6.34. The number of carbonyl (C=O) groups is 2. The van der Waals surface area contributed by atoms with Crippen LogP contribution in [0, 0.1) is 0 Å². The minimum Gasteiger partial charge on any atom is -0.461 e. The van der Waals surface area contributed by atoms with E-state index < -0.39 is 17.7 Å². The molecule has 0 aliphatic rings. The van der Waals surface area contributed by atoms with E-state index in [1.54, 1.807) is 56.6 Å². The van der Waals surface area contributed by atoms with Gasteiger partial charge in [-0.05, 0) is 63.9 Å². The molecule has 1 aromatic carbocycles. The molecule has 1 aromatic heterocycles. The molecular weight excluding hydrogens is 429 g/mol. The number of amides is 1. The van der Waals surface area contributed by atoms with Crippen molar-refractivity contribution in [1.29, 1.82) is 0 Å². The summed E-state index contributed by atoms with van der Waals surface area (Å²) < 4.78 is 11.9. The zero-order chi connectivity index (χ0) is 22.3. The Morgan fingerprint density at radius 1 is 1.13 bits per heavy atom. The van der Waals surface area contributed by atoms with Crippen molar-refractivity contribution in [3.63, 3.8) is 0 Å². The number of ether oxygens (including phenoxy) is 2. The molecule has 0 saturated heterocycles. The average molecular weight is 456 g/mol. The molecule has 7 nitrogen and oxygen atoms in total. The number of alkyl carbamates (subject to hydrolysis) is 1. The van der Waals surface area contributed by atoms with Gasteiger partial charge in [0, 0.05) is 29.6 Å². The first-order valence-electron chi connectivity index (χ1n) is 9.73. The van der Waals surface area contributed by atoms with Crippen LogP contribution in [-0.2, 0) is 22.4 Å². The molecule has 30 heavy (non-hydrogen) atoms. The quantitative estimate of drug-likeness (QED) is 0.453. The molecule has 1 amide bonds. The van der Waals surface area contributed by atoms with Crippen LogP contribution in [0.4, 0.5) is 4.79 Å². The Morgan fingerprint density at radius 2 is 1.80 bits per heavy atom. The second-order valence-electron chi connectivity index (χ2n) is 7.70. The van der Waals surface area contributed by atoms with Gasteiger partial charge in [-0.25, -0.2) is 9.59 Å². The molecular formula is C21H27Cl2N3O4. The van der Waals surface area contributed by atoms with Gasteiger partial charge in [0.25, 0.3) is 0 Å². The van der Waals surface area contributed by atoms with Gasteiger partial charge in [-0.2, -0.15) is 5.10 Å². The molecule has 0 aliphatic heterocycles. The van der Waals surface area contributed by atoms with Gasteiger partial charge < -0.3 is 14.8 Å². The lowest BCUT2D eigenvalue weighted by Crippen LogP contribution is -2.33. The summed E-state index contributed by atoms with van der Waals surface area (Å²) in [6.07, 6.45) is 0.554. The van der Waals surface area contributed by atoms with E-state index in [4.69, 9.17) is 32.7 Å². The van der Waals surface area contributed by atoms with Crippen molar-refractivity contribution in [1.82, 2.24) is 15.1 Å². The number of aromatic nitrogens is 2. The van der Waals surface area contributed by atoms with Crippen LogP contribution in [0.2, 0.25) is 10.0 Å². The third-order valence-electron chi connectivity index (χ3n) is 3.84. The largest absolute Gasteiger partial charge is 0.461 e. The Labute approximate surface area is 186 Å². The highest BCUT2D eigenvalue weighted by atomic mass is 35.5. The minimum absolute atomic E-state index is 0.267. The van der Waals surface area contributed by atoms with Crippen LogP contribution < -0.4 is 5.32 Å². The minimum atomic E-state index is -0.554. The van der Waals surface area contributed by atoms with Gasteiger partial charge in [-0.1, -0.05) is 23.2 Å². The maximum absolute atomic E-state index is 12.3. The van der Waals surface area contributed by atoms with Crippen LogP contribution in [0.3, 0.4) is 0 Å². The van der Waals surface area contributed by atoms with Gasteiger partial charge in [-0.3, -0.25) is 4.68 Å². The number of hydrogen-bond donors (Lipinski definition) is 1. The Morgan fingerprint density at radius 3 is 2.40 bits per heavy atom. The lowest BCUT2D eigenvalue weighted by molar-refractivity contribution is 0.0501. The van der Waals surface area contributed by atoms with Crippen LogP contribution in [0.15, 0.2) is 24.3 Å². The summed E-state index contributed by atoms with van der Waals surface area (Å²) in [7, 11) is 0. The van der Waals surface area contributed by atoms with E-state index in [1.165, 1.54) is 0 Å². The SMILES string of the molecule is CCOC(=O)c1cc(Cc2cc(Cl)cc(Cl)c2)nn1CCCNC(=O)OC(C)(C)C. The normalized spacial score (nSPS) is 11.3. The van der Waals surface area contributed by atoms with Crippen molar-refractivity contribution in [3.05, 3.63) is 51.3 Å². The first-order chi connectivity index (χ1) is 14.1. The highest BCUT2D eigenvalue weighted by Gasteiger charge is 2.18. The van der Waals surface area contributed by atoms with Gasteiger partial charge in [0.15, 0.2) is 0 Å². The van der Waals surface area contributed by atoms with Crippen molar-refractivity contribution in [2.24, 2.45) is 0 Å². The molecule has 0 bridgehead atoms. The highest BCUT2D eigenvalue weighted by Crippen LogP contribution is 2.21. The summed E-state index contributed by atoms with van der Waals surface area (Å²) >= 11 is 12.1. The number of esters is 1. The van der Waals surface area contributed by atoms with Crippen molar-refractivity contribution in [3.8, 4) is 0 Å². The third-order valence-corrected chi connectivity index (χ3v) is 4.27. The van der Waals surface area contributed by atoms with E-state index in [-0.39, 0.29) is 6.61 Å². The van der Waals surface area contributed by atoms with Crippen molar-refractivity contribution in [2.45, 2.75) is 52.7 Å². The van der Waals surface area contributed by atoms with Crippen LogP contribution >= 0.6 is 23.2 Å². The fraction of sp³-hybridized carbons (Fsp3) is 0.476. The van der Waals surface area contributed by atoms with E-state index in [0.29, 0.717) is 47.4 Å². The summed E-state index contributed by atoms with van der Waals surface area (Å²) in [4.78, 5) is 24.1. The van der Waals surface area contributed by atoms with E-state index in [0.717, 1.165) is 5.56 Å². The molecule has 1 heterocycles. The maximum Gasteiger partial charge on any atom is 0.407 e. The number of benzene rings is 1. The molecule has 9 heteroatoms. The van der Waals surface area contributed by atoms with Gasteiger partial charge in [0.05, 0.1) is 12.3 Å². The first kappa shape index (κ1) is 24.0. The summed E-state index contributed by atoms with van der Waals surface area (Å²) in [6, 6.07) is 6.98. The zero-order valence-corrected chi connectivity index (χ0v) is 19.1. The number of nitrogens with zero attached hydrogens (tertiary/aromatic N) is 2. The molecule has 1 N–H and O–H groups in total. The third kappa shape index (κ3) is 7.88. The predicted molar refractivity (Wildman–Crippen MR) is 116 cm³/mol. The average Bonchev–Trinajstić information content (AvgIpc) is 2.99. The Hall–Kier alpha value is -2.25. The smallest absolute Gasteiger partial charge is 0.407 e. The van der Waals surface area contributed by atoms with Crippen molar-refractivity contribution in [2.75, 3.05) is 13.2 Å². The molecule has 0 saturated carbocycles. The predicted octanol–water partition coefficient (Wildman–Crippen LogP) is 4.87. The topological polar surface area (TPSA) is 82.5 Å². The maximum atomic E-state index is 12.3. The van der Waals surface area contributed by atoms with Gasteiger partial charge >= 0.3 is 12.1 Å². The van der Waals surface area contributed by atoms with Crippen LogP contribution in [0.1, 0.15) is 55.9 Å². The summed E-state index contributed by atoms with van der Waals surface area (Å²) in [6.45, 7) is 8.24. The molecule has 164 valence electrons. The van der Waals surface area contributed by atoms with E-state index >= 15 is 0 Å². The monoisotopic (exact) mass is 455 g/mol. The summed E-state index contributed by atoms with van der Waals surface area (Å²) in [5.41, 5.74) is 1.38. The summed E-state index contributed by atoms with van der Waals surface area (Å²) in [5.74, 6) is -0.444. The van der Waals surface area contributed by atoms with Crippen molar-refractivity contribution >= 4 is 35.3 Å². The zero-order valence-electron chi connectivity index (χ0n) is 17.6. The molecule has 0 unspecified atom stereocenters. The number of halogens is 2. The van der Waals surface area contributed by atoms with E-state index in [1.807, 2.05) is 0 Å². The molecule has 2 rings (SSSR count). The number of carbonyl (C=O) groups excluding carboxylic acids is 2. The fourth-order valence-corrected chi connectivity index (χ4v) is 3.32. The lowest BCUT2D eigenvalue weighted by atomic mass is 10.1. The van der Waals surface area contributed by atoms with E-state index in [2.05, 4.69) is 10.4 Å². The molecule has 0 fully saturated rings. The number of rotatable bonds is 8. The summed E-state index contributed by atoms with van der Waals surface area (Å²) in [5, 5.41) is 8.30. The standard InChI is InChI=1S/C21H27Cl2N3O4/c1-5-29-19(27)18-13-17(11-14-9-15(22)12-16(23)10-14)25-26(18)8-6-7-24-20(28)30-21(2,3)4/h9-10,12-13H,5-8,11H2,1-4H3,(H,24,28). The Balaban J connectivity index is 2.05. The molecule has 0 atom stereocenters. The van der Waals surface area contributed by atoms with Gasteiger partial charge in [0.2, 0.25) is 0 Å². The van der Waals surface area contributed by atoms with Crippen molar-refractivity contribution < 1.29 is 19.1 Å². The second-order valence-corrected chi connectivity index (χ2v) is 8.57. The molecule has 0 spiro atoms. The van der Waals surface area contributed by atoms with Crippen LogP contribution in [0.25, 0.3) is 0 Å². The van der Waals surface area contributed by atoms with E-state index in [9.17, 15) is 9.59 Å². The van der Waals surface area contributed by atoms with Gasteiger partial charge in [0.1, 0.15) is 11.3 Å². The fourth-order valence-electron chi connectivity index (χ4n) is 2.75. The van der Waals surface area contributed by atoms with Gasteiger partial charge in [-0.15, -0.1) is 0 Å². The molecule has 0 radical (unpaired) electrons. The first-order valence-corrected chi connectivity index (χ1v) is 10.5. The van der Waals surface area contributed by atoms with Crippen LogP contribution in [0.5, 0.6) is 0 Å². The number of nitrogens with one attached hydrogen (secondary N) is 1. The Kier molecular flexibility index (Phi) is 8.55. The van der Waals surface area contributed by atoms with Crippen LogP contribution in [-0.4, -0.2) is 40.6 Å². The Bertz CT molecular complexity index is 871. The lowest BCUT2D eigenvalue weighted by Gasteiger charge is -2.19. The number of hydrogen-bond acceptors (Lipinski definition) is 5. The molecule has 2 aromatic rings. The second kappa shape index (κ2) is 10.7.